The van der Waals surface area contributed by atoms with E-state index in [-0.39, 0.29) is 23.3 Å². The average Bonchev–Trinajstić information content (AvgIpc) is 3.38. The van der Waals surface area contributed by atoms with E-state index in [0.717, 1.165) is 25.9 Å². The number of nitrogens with zero attached hydrogens (tertiary/aromatic N) is 1. The number of hydrogen-bond acceptors (Lipinski definition) is 10. The van der Waals surface area contributed by atoms with Crippen LogP contribution in [0.5, 0.6) is 5.75 Å². The minimum absolute atomic E-state index is 0.0153. The summed E-state index contributed by atoms with van der Waals surface area (Å²) in [5, 5.41) is 44.3. The molecule has 38 heavy (non-hydrogen) atoms. The first-order chi connectivity index (χ1) is 18.0. The highest BCUT2D eigenvalue weighted by Crippen LogP contribution is 2.56. The van der Waals surface area contributed by atoms with Crippen molar-refractivity contribution >= 4 is 29.2 Å². The Hall–Kier alpha value is -3.70. The van der Waals surface area contributed by atoms with Crippen LogP contribution in [-0.2, 0) is 23.9 Å². The molecule has 0 aromatic heterocycles. The number of likely N-dealkylation sites (tertiary alicyclic amines) is 1. The van der Waals surface area contributed by atoms with Crippen LogP contribution in [0.15, 0.2) is 35.1 Å². The molecule has 5 atom stereocenters. The summed E-state index contributed by atoms with van der Waals surface area (Å²) in [4.78, 5) is 53.8. The van der Waals surface area contributed by atoms with Crippen LogP contribution in [0.2, 0.25) is 0 Å². The number of esters is 1. The number of phenols is 1. The van der Waals surface area contributed by atoms with Gasteiger partial charge in [-0.2, -0.15) is 0 Å². The van der Waals surface area contributed by atoms with Crippen molar-refractivity contribution < 1.29 is 44.3 Å². The molecule has 1 heterocycles. The quantitative estimate of drug-likeness (QED) is 0.273. The lowest BCUT2D eigenvalue weighted by Crippen LogP contribution is -2.64. The predicted molar refractivity (Wildman–Crippen MR) is 132 cm³/mol. The van der Waals surface area contributed by atoms with Crippen LogP contribution >= 0.6 is 0 Å². The van der Waals surface area contributed by atoms with E-state index in [2.05, 4.69) is 4.90 Å². The zero-order valence-electron chi connectivity index (χ0n) is 20.8. The van der Waals surface area contributed by atoms with Crippen LogP contribution in [0.1, 0.15) is 49.7 Å². The normalized spacial score (nSPS) is 31.1. The van der Waals surface area contributed by atoms with Crippen molar-refractivity contribution in [2.75, 3.05) is 19.6 Å². The Morgan fingerprint density at radius 1 is 1.16 bits per heavy atom. The van der Waals surface area contributed by atoms with Crippen molar-refractivity contribution in [3.63, 3.8) is 0 Å². The van der Waals surface area contributed by atoms with E-state index >= 15 is 0 Å². The molecule has 0 radical (unpaired) electrons. The van der Waals surface area contributed by atoms with Gasteiger partial charge in [-0.25, -0.2) is 0 Å². The van der Waals surface area contributed by atoms with E-state index in [9.17, 15) is 39.6 Å². The third kappa shape index (κ3) is 3.71. The molecule has 3 aliphatic carbocycles. The van der Waals surface area contributed by atoms with Crippen LogP contribution in [0.4, 0.5) is 0 Å². The molecule has 1 amide bonds. The van der Waals surface area contributed by atoms with Crippen LogP contribution < -0.4 is 5.73 Å². The number of primary amides is 1. The maximum atomic E-state index is 13.9. The van der Waals surface area contributed by atoms with Gasteiger partial charge < -0.3 is 35.8 Å². The highest BCUT2D eigenvalue weighted by molar-refractivity contribution is 6.23. The Morgan fingerprint density at radius 2 is 1.84 bits per heavy atom. The number of aromatic hydroxyl groups is 1. The minimum Gasteiger partial charge on any atom is -0.508 e. The fourth-order valence-electron chi connectivity index (χ4n) is 6.55. The number of carbonyl (C=O) groups is 4. The number of ketones is 2. The van der Waals surface area contributed by atoms with Gasteiger partial charge in [0.2, 0.25) is 5.78 Å². The second-order valence-electron chi connectivity index (χ2n) is 10.5. The Morgan fingerprint density at radius 3 is 2.50 bits per heavy atom. The molecule has 11 nitrogen and oxygen atoms in total. The summed E-state index contributed by atoms with van der Waals surface area (Å²) in [5.74, 6) is -9.24. The first-order valence-electron chi connectivity index (χ1n) is 12.7. The number of phenolic OH excluding ortho intramolecular Hbond substituents is 1. The molecule has 202 valence electrons. The van der Waals surface area contributed by atoms with Crippen molar-refractivity contribution in [2.45, 2.75) is 50.2 Å². The summed E-state index contributed by atoms with van der Waals surface area (Å²) >= 11 is 0. The second-order valence-corrected chi connectivity index (χ2v) is 10.5. The number of aliphatic hydroxyl groups excluding tert-OH is 2. The lowest BCUT2D eigenvalue weighted by molar-refractivity contribution is -0.178. The Labute approximate surface area is 218 Å². The van der Waals surface area contributed by atoms with Crippen LogP contribution in [0, 0.1) is 11.8 Å². The summed E-state index contributed by atoms with van der Waals surface area (Å²) in [7, 11) is 0. The molecule has 11 heteroatoms. The summed E-state index contributed by atoms with van der Waals surface area (Å²) in [6.45, 7) is 3.88. The molecule has 2 fully saturated rings. The first-order valence-corrected chi connectivity index (χ1v) is 12.7. The Bertz CT molecular complexity index is 1310. The second kappa shape index (κ2) is 9.25. The van der Waals surface area contributed by atoms with Gasteiger partial charge in [-0.3, -0.25) is 19.2 Å². The lowest BCUT2D eigenvalue weighted by Gasteiger charge is -2.51. The minimum atomic E-state index is -2.86. The molecular weight excluding hydrogens is 496 g/mol. The van der Waals surface area contributed by atoms with Gasteiger partial charge in [-0.05, 0) is 43.5 Å². The van der Waals surface area contributed by atoms with E-state index < -0.39 is 76.4 Å². The summed E-state index contributed by atoms with van der Waals surface area (Å²) in [5.41, 5.74) is 1.58. The monoisotopic (exact) mass is 526 g/mol. The SMILES string of the molecule is C[C@H]1c2cccc(O)c2C(O)=C2C(=O)[C@]3(O)C(O)=C(C(N)=O)C(=O)C[C@@H]3[C@@H](OC(=O)CCN3CCCC3)[C@@H]21. The van der Waals surface area contributed by atoms with Crippen LogP contribution in [0.3, 0.4) is 0 Å². The molecule has 6 N–H and O–H groups in total. The largest absolute Gasteiger partial charge is 0.508 e. The smallest absolute Gasteiger partial charge is 0.307 e. The number of rotatable bonds is 5. The zero-order chi connectivity index (χ0) is 27.5. The third-order valence-electron chi connectivity index (χ3n) is 8.43. The maximum Gasteiger partial charge on any atom is 0.307 e. The number of ether oxygens (including phenoxy) is 1. The van der Waals surface area contributed by atoms with Crippen LogP contribution in [0.25, 0.3) is 5.76 Å². The van der Waals surface area contributed by atoms with Gasteiger partial charge in [-0.15, -0.1) is 0 Å². The van der Waals surface area contributed by atoms with Crippen molar-refractivity contribution in [1.29, 1.82) is 0 Å². The molecule has 1 aromatic carbocycles. The van der Waals surface area contributed by atoms with E-state index in [0.29, 0.717) is 12.1 Å². The van der Waals surface area contributed by atoms with Crippen molar-refractivity contribution in [1.82, 2.24) is 4.90 Å². The fourth-order valence-corrected chi connectivity index (χ4v) is 6.55. The Balaban J connectivity index is 1.64. The molecule has 1 aliphatic heterocycles. The highest BCUT2D eigenvalue weighted by Gasteiger charge is 2.66. The number of fused-ring (bicyclic) bond motifs is 3. The summed E-state index contributed by atoms with van der Waals surface area (Å²) in [6.07, 6.45) is 0.154. The molecular formula is C27H30N2O9. The molecule has 5 rings (SSSR count). The summed E-state index contributed by atoms with van der Waals surface area (Å²) in [6, 6.07) is 4.54. The van der Waals surface area contributed by atoms with Gasteiger partial charge in [0.15, 0.2) is 11.4 Å². The lowest BCUT2D eigenvalue weighted by atomic mass is 9.55. The highest BCUT2D eigenvalue weighted by atomic mass is 16.5. The fraction of sp³-hybridized carbons (Fsp3) is 0.481. The van der Waals surface area contributed by atoms with Crippen molar-refractivity contribution in [3.8, 4) is 5.75 Å². The first kappa shape index (κ1) is 25.9. The maximum absolute atomic E-state index is 13.9. The average molecular weight is 527 g/mol. The molecule has 1 aromatic rings. The molecule has 0 spiro atoms. The van der Waals surface area contributed by atoms with E-state index in [4.69, 9.17) is 10.5 Å². The van der Waals surface area contributed by atoms with Gasteiger partial charge in [0.25, 0.3) is 5.91 Å². The third-order valence-corrected chi connectivity index (χ3v) is 8.43. The van der Waals surface area contributed by atoms with Gasteiger partial charge in [-0.1, -0.05) is 19.1 Å². The van der Waals surface area contributed by atoms with Gasteiger partial charge in [0, 0.05) is 30.4 Å². The number of aliphatic hydroxyl groups is 3. The standard InChI is InChI=1S/C27H30N2O9/c1-12-13-5-4-6-15(30)19(13)22(33)21-18(12)23(38-17(32)7-10-29-8-2-3-9-29)14-11-16(31)20(26(28)36)24(34)27(14,37)25(21)35/h4-6,12,14,18,23,30,33-34,37H,2-3,7-11H2,1H3,(H2,28,36)/t12-,14+,18+,23+,27+/m0/s1. The number of Topliss-reactive ketones (excluding diaryl/α,β-unsaturated/α-hetero) is 2. The van der Waals surface area contributed by atoms with Crippen molar-refractivity contribution in [3.05, 3.63) is 46.2 Å². The summed E-state index contributed by atoms with van der Waals surface area (Å²) < 4.78 is 5.87. The number of nitrogens with two attached hydrogens (primary N) is 1. The number of hydrogen-bond donors (Lipinski definition) is 5. The molecule has 1 saturated carbocycles. The molecule has 4 aliphatic rings. The van der Waals surface area contributed by atoms with E-state index in [1.165, 1.54) is 6.07 Å². The van der Waals surface area contributed by atoms with Gasteiger partial charge >= 0.3 is 5.97 Å². The number of amides is 1. The van der Waals surface area contributed by atoms with E-state index in [1.807, 2.05) is 0 Å². The molecule has 0 unspecified atom stereocenters. The predicted octanol–water partition coefficient (Wildman–Crippen LogP) is 0.992. The van der Waals surface area contributed by atoms with E-state index in [1.54, 1.807) is 19.1 Å². The Kier molecular flexibility index (Phi) is 6.31. The zero-order valence-corrected chi connectivity index (χ0v) is 20.8. The number of benzene rings is 1. The topological polar surface area (TPSA) is 188 Å². The van der Waals surface area contributed by atoms with Crippen LogP contribution in [-0.4, -0.2) is 80.1 Å². The number of carbonyl (C=O) groups excluding carboxylic acids is 4. The van der Waals surface area contributed by atoms with Gasteiger partial charge in [0.1, 0.15) is 28.9 Å². The van der Waals surface area contributed by atoms with Crippen molar-refractivity contribution in [2.24, 2.45) is 17.6 Å². The van der Waals surface area contributed by atoms with Gasteiger partial charge in [0.05, 0.1) is 12.0 Å². The molecule has 1 saturated heterocycles. The molecule has 0 bridgehead atoms.